The molecule has 2 aromatic carbocycles. The Kier molecular flexibility index (Phi) is 5.14. The number of carbonyl (C=O) groups excluding carboxylic acids is 1. The molecule has 0 saturated heterocycles. The Hall–Kier alpha value is -2.66. The Morgan fingerprint density at radius 3 is 2.76 bits per heavy atom. The van der Waals surface area contributed by atoms with Crippen LogP contribution in [-0.4, -0.2) is 15.5 Å². The van der Waals surface area contributed by atoms with E-state index in [0.29, 0.717) is 16.4 Å². The van der Waals surface area contributed by atoms with Gasteiger partial charge >= 0.3 is 0 Å². The van der Waals surface area contributed by atoms with E-state index in [1.807, 2.05) is 19.2 Å². The Bertz CT molecular complexity index is 894. The largest absolute Gasteiger partial charge is 0.342 e. The van der Waals surface area contributed by atoms with Gasteiger partial charge in [-0.3, -0.25) is 4.79 Å². The lowest BCUT2D eigenvalue weighted by Crippen LogP contribution is -2.32. The first-order valence-electron chi connectivity index (χ1n) is 7.80. The fourth-order valence-electron chi connectivity index (χ4n) is 2.67. The SMILES string of the molecule is Cn1ccnc1[C@H](NC(=O)Cc1ccccc1Cl)c1cccc(F)c1. The minimum Gasteiger partial charge on any atom is -0.342 e. The molecule has 0 fully saturated rings. The molecule has 0 bridgehead atoms. The summed E-state index contributed by atoms with van der Waals surface area (Å²) < 4.78 is 15.4. The molecule has 4 nitrogen and oxygen atoms in total. The van der Waals surface area contributed by atoms with Gasteiger partial charge in [-0.25, -0.2) is 9.37 Å². The summed E-state index contributed by atoms with van der Waals surface area (Å²) in [5, 5.41) is 3.47. The lowest BCUT2D eigenvalue weighted by atomic mass is 10.0. The van der Waals surface area contributed by atoms with E-state index in [4.69, 9.17) is 11.6 Å². The Balaban J connectivity index is 1.87. The molecule has 6 heteroatoms. The summed E-state index contributed by atoms with van der Waals surface area (Å²) in [5.74, 6) is 0.0422. The fourth-order valence-corrected chi connectivity index (χ4v) is 2.87. The summed E-state index contributed by atoms with van der Waals surface area (Å²) >= 11 is 6.12. The highest BCUT2D eigenvalue weighted by atomic mass is 35.5. The number of hydrogen-bond donors (Lipinski definition) is 1. The minimum atomic E-state index is -0.550. The van der Waals surface area contributed by atoms with Crippen molar-refractivity contribution in [3.63, 3.8) is 0 Å². The molecular formula is C19H17ClFN3O. The van der Waals surface area contributed by atoms with Crippen LogP contribution in [-0.2, 0) is 18.3 Å². The number of amides is 1. The van der Waals surface area contributed by atoms with Crippen molar-refractivity contribution in [2.75, 3.05) is 0 Å². The van der Waals surface area contributed by atoms with E-state index in [9.17, 15) is 9.18 Å². The quantitative estimate of drug-likeness (QED) is 0.757. The molecule has 0 unspecified atom stereocenters. The van der Waals surface area contributed by atoms with E-state index in [1.54, 1.807) is 41.2 Å². The number of halogens is 2. The number of benzene rings is 2. The first kappa shape index (κ1) is 17.2. The zero-order valence-corrected chi connectivity index (χ0v) is 14.4. The van der Waals surface area contributed by atoms with Gasteiger partial charge in [0.25, 0.3) is 0 Å². The van der Waals surface area contributed by atoms with Crippen LogP contribution in [0.3, 0.4) is 0 Å². The maximum absolute atomic E-state index is 13.6. The molecule has 0 aliphatic carbocycles. The smallest absolute Gasteiger partial charge is 0.225 e. The Morgan fingerprint density at radius 1 is 1.28 bits per heavy atom. The summed E-state index contributed by atoms with van der Waals surface area (Å²) in [7, 11) is 1.83. The predicted molar refractivity (Wildman–Crippen MR) is 94.7 cm³/mol. The molecule has 1 amide bonds. The number of aromatic nitrogens is 2. The summed E-state index contributed by atoms with van der Waals surface area (Å²) in [5.41, 5.74) is 1.36. The monoisotopic (exact) mass is 357 g/mol. The first-order valence-corrected chi connectivity index (χ1v) is 8.18. The normalized spacial score (nSPS) is 12.0. The number of rotatable bonds is 5. The molecule has 0 saturated carbocycles. The maximum Gasteiger partial charge on any atom is 0.225 e. The summed E-state index contributed by atoms with van der Waals surface area (Å²) in [6.45, 7) is 0. The van der Waals surface area contributed by atoms with Gasteiger partial charge in [-0.05, 0) is 29.3 Å². The Labute approximate surface area is 150 Å². The van der Waals surface area contributed by atoms with Crippen molar-refractivity contribution in [3.05, 3.63) is 88.7 Å². The van der Waals surface area contributed by atoms with Crippen molar-refractivity contribution >= 4 is 17.5 Å². The van der Waals surface area contributed by atoms with Gasteiger partial charge in [0.15, 0.2) is 0 Å². The van der Waals surface area contributed by atoms with Crippen LogP contribution in [0.4, 0.5) is 4.39 Å². The highest BCUT2D eigenvalue weighted by Gasteiger charge is 2.21. The lowest BCUT2D eigenvalue weighted by Gasteiger charge is -2.19. The van der Waals surface area contributed by atoms with Crippen LogP contribution >= 0.6 is 11.6 Å². The van der Waals surface area contributed by atoms with Crippen LogP contribution < -0.4 is 5.32 Å². The van der Waals surface area contributed by atoms with Crippen LogP contribution in [0, 0.1) is 5.82 Å². The third-order valence-corrected chi connectivity index (χ3v) is 4.28. The van der Waals surface area contributed by atoms with Crippen molar-refractivity contribution in [2.24, 2.45) is 7.05 Å². The third kappa shape index (κ3) is 4.06. The van der Waals surface area contributed by atoms with E-state index in [0.717, 1.165) is 5.56 Å². The molecule has 3 aromatic rings. The first-order chi connectivity index (χ1) is 12.0. The highest BCUT2D eigenvalue weighted by molar-refractivity contribution is 6.31. The Morgan fingerprint density at radius 2 is 2.08 bits per heavy atom. The molecule has 1 heterocycles. The molecule has 1 aromatic heterocycles. The molecule has 1 atom stereocenters. The number of carbonyl (C=O) groups is 1. The molecule has 0 radical (unpaired) electrons. The van der Waals surface area contributed by atoms with E-state index in [-0.39, 0.29) is 18.1 Å². The van der Waals surface area contributed by atoms with Gasteiger partial charge in [0.2, 0.25) is 5.91 Å². The summed E-state index contributed by atoms with van der Waals surface area (Å²) in [6, 6.07) is 12.8. The third-order valence-electron chi connectivity index (χ3n) is 3.91. The van der Waals surface area contributed by atoms with E-state index in [2.05, 4.69) is 10.3 Å². The number of nitrogens with one attached hydrogen (secondary N) is 1. The van der Waals surface area contributed by atoms with Crippen molar-refractivity contribution < 1.29 is 9.18 Å². The molecular weight excluding hydrogens is 341 g/mol. The van der Waals surface area contributed by atoms with Gasteiger partial charge in [-0.1, -0.05) is 41.9 Å². The second-order valence-corrected chi connectivity index (χ2v) is 6.13. The lowest BCUT2D eigenvalue weighted by molar-refractivity contribution is -0.121. The zero-order valence-electron chi connectivity index (χ0n) is 13.6. The van der Waals surface area contributed by atoms with Crippen LogP contribution in [0.15, 0.2) is 60.9 Å². The van der Waals surface area contributed by atoms with E-state index >= 15 is 0 Å². The highest BCUT2D eigenvalue weighted by Crippen LogP contribution is 2.22. The molecule has 0 aliphatic heterocycles. The number of hydrogen-bond acceptors (Lipinski definition) is 2. The van der Waals surface area contributed by atoms with Gasteiger partial charge in [0.1, 0.15) is 17.7 Å². The van der Waals surface area contributed by atoms with Gasteiger partial charge in [-0.15, -0.1) is 0 Å². The molecule has 128 valence electrons. The van der Waals surface area contributed by atoms with E-state index in [1.165, 1.54) is 12.1 Å². The van der Waals surface area contributed by atoms with Gasteiger partial charge < -0.3 is 9.88 Å². The van der Waals surface area contributed by atoms with Crippen LogP contribution in [0.5, 0.6) is 0 Å². The average molecular weight is 358 g/mol. The summed E-state index contributed by atoms with van der Waals surface area (Å²) in [6.07, 6.45) is 3.56. The minimum absolute atomic E-state index is 0.135. The standard InChI is InChI=1S/C19H17ClFN3O/c1-24-10-9-22-19(24)18(14-6-4-7-15(21)11-14)23-17(25)12-13-5-2-3-8-16(13)20/h2-11,18H,12H2,1H3,(H,23,25)/t18-/m1/s1. The van der Waals surface area contributed by atoms with Gasteiger partial charge in [-0.2, -0.15) is 0 Å². The number of imidazole rings is 1. The van der Waals surface area contributed by atoms with Crippen molar-refractivity contribution in [1.29, 1.82) is 0 Å². The van der Waals surface area contributed by atoms with Crippen molar-refractivity contribution in [3.8, 4) is 0 Å². The number of aryl methyl sites for hydroxylation is 1. The average Bonchev–Trinajstić information content (AvgIpc) is 3.00. The summed E-state index contributed by atoms with van der Waals surface area (Å²) in [4.78, 5) is 16.8. The zero-order chi connectivity index (χ0) is 17.8. The molecule has 1 N–H and O–H groups in total. The molecule has 0 spiro atoms. The predicted octanol–water partition coefficient (Wildman–Crippen LogP) is 3.66. The molecule has 3 rings (SSSR count). The molecule has 25 heavy (non-hydrogen) atoms. The van der Waals surface area contributed by atoms with Crippen LogP contribution in [0.25, 0.3) is 0 Å². The maximum atomic E-state index is 13.6. The van der Waals surface area contributed by atoms with Crippen molar-refractivity contribution in [1.82, 2.24) is 14.9 Å². The van der Waals surface area contributed by atoms with Crippen molar-refractivity contribution in [2.45, 2.75) is 12.5 Å². The molecule has 0 aliphatic rings. The van der Waals surface area contributed by atoms with Gasteiger partial charge in [0.05, 0.1) is 6.42 Å². The number of nitrogens with zero attached hydrogens (tertiary/aromatic N) is 2. The van der Waals surface area contributed by atoms with Crippen LogP contribution in [0.2, 0.25) is 5.02 Å². The van der Waals surface area contributed by atoms with Crippen LogP contribution in [0.1, 0.15) is 23.0 Å². The second-order valence-electron chi connectivity index (χ2n) is 5.72. The topological polar surface area (TPSA) is 46.9 Å². The fraction of sp³-hybridized carbons (Fsp3) is 0.158. The van der Waals surface area contributed by atoms with Gasteiger partial charge in [0, 0.05) is 24.5 Å². The van der Waals surface area contributed by atoms with E-state index < -0.39 is 6.04 Å². The second kappa shape index (κ2) is 7.49.